The lowest BCUT2D eigenvalue weighted by molar-refractivity contribution is 0.271. The molecular weight excluding hydrogens is 224 g/mol. The molecule has 0 bridgehead atoms. The predicted octanol–water partition coefficient (Wildman–Crippen LogP) is 2.63. The molecule has 2 aromatic carbocycles. The SMILES string of the molecule is N#CC(=Cc1ccc2ccccc2c1)C(O)C#N. The van der Waals surface area contributed by atoms with Gasteiger partial charge in [-0.25, -0.2) is 0 Å². The largest absolute Gasteiger partial charge is 0.373 e. The number of benzene rings is 2. The van der Waals surface area contributed by atoms with Crippen LogP contribution in [0.1, 0.15) is 5.56 Å². The first kappa shape index (κ1) is 11.9. The fourth-order valence-corrected chi connectivity index (χ4v) is 1.72. The minimum Gasteiger partial charge on any atom is -0.373 e. The first-order valence-electron chi connectivity index (χ1n) is 5.43. The Morgan fingerprint density at radius 2 is 1.83 bits per heavy atom. The molecule has 0 amide bonds. The molecule has 0 heterocycles. The van der Waals surface area contributed by atoms with Gasteiger partial charge < -0.3 is 5.11 Å². The van der Waals surface area contributed by atoms with Gasteiger partial charge in [0.05, 0.1) is 17.7 Å². The average molecular weight is 234 g/mol. The molecule has 0 saturated carbocycles. The van der Waals surface area contributed by atoms with E-state index in [0.717, 1.165) is 16.3 Å². The summed E-state index contributed by atoms with van der Waals surface area (Å²) in [6, 6.07) is 17.0. The molecule has 2 aromatic rings. The molecule has 0 spiro atoms. The van der Waals surface area contributed by atoms with E-state index in [2.05, 4.69) is 0 Å². The third-order valence-corrected chi connectivity index (χ3v) is 2.64. The zero-order valence-electron chi connectivity index (χ0n) is 9.54. The monoisotopic (exact) mass is 234 g/mol. The minimum atomic E-state index is -1.37. The van der Waals surface area contributed by atoms with Crippen LogP contribution in [0.25, 0.3) is 16.8 Å². The quantitative estimate of drug-likeness (QED) is 0.641. The minimum absolute atomic E-state index is 0.0489. The van der Waals surface area contributed by atoms with E-state index in [1.807, 2.05) is 48.5 Å². The molecular formula is C15H10N2O. The van der Waals surface area contributed by atoms with E-state index in [1.54, 1.807) is 6.07 Å². The van der Waals surface area contributed by atoms with Crippen molar-refractivity contribution < 1.29 is 5.11 Å². The van der Waals surface area contributed by atoms with Crippen LogP contribution in [0.3, 0.4) is 0 Å². The van der Waals surface area contributed by atoms with Gasteiger partial charge >= 0.3 is 0 Å². The molecule has 0 fully saturated rings. The Labute approximate surface area is 105 Å². The molecule has 3 heteroatoms. The first-order valence-corrected chi connectivity index (χ1v) is 5.43. The molecule has 0 aliphatic rings. The van der Waals surface area contributed by atoms with Crippen LogP contribution < -0.4 is 0 Å². The van der Waals surface area contributed by atoms with Crippen molar-refractivity contribution in [1.29, 1.82) is 10.5 Å². The van der Waals surface area contributed by atoms with Crippen molar-refractivity contribution in [2.24, 2.45) is 0 Å². The van der Waals surface area contributed by atoms with E-state index in [0.29, 0.717) is 0 Å². The zero-order chi connectivity index (χ0) is 13.0. The molecule has 18 heavy (non-hydrogen) atoms. The Balaban J connectivity index is 2.46. The normalized spacial score (nSPS) is 12.7. The summed E-state index contributed by atoms with van der Waals surface area (Å²) in [7, 11) is 0. The van der Waals surface area contributed by atoms with E-state index < -0.39 is 6.10 Å². The smallest absolute Gasteiger partial charge is 0.175 e. The van der Waals surface area contributed by atoms with Gasteiger partial charge in [-0.15, -0.1) is 0 Å². The van der Waals surface area contributed by atoms with Crippen LogP contribution in [-0.4, -0.2) is 11.2 Å². The predicted molar refractivity (Wildman–Crippen MR) is 69.2 cm³/mol. The van der Waals surface area contributed by atoms with Crippen LogP contribution in [-0.2, 0) is 0 Å². The van der Waals surface area contributed by atoms with Gasteiger partial charge in [0.15, 0.2) is 6.10 Å². The molecule has 0 radical (unpaired) electrons. The Morgan fingerprint density at radius 3 is 2.50 bits per heavy atom. The Bertz CT molecular complexity index is 689. The van der Waals surface area contributed by atoms with Crippen LogP contribution in [0.15, 0.2) is 48.0 Å². The fraction of sp³-hybridized carbons (Fsp3) is 0.0667. The molecule has 86 valence electrons. The number of nitrogens with zero attached hydrogens (tertiary/aromatic N) is 2. The maximum absolute atomic E-state index is 9.34. The highest BCUT2D eigenvalue weighted by atomic mass is 16.3. The number of rotatable bonds is 2. The van der Waals surface area contributed by atoms with E-state index in [-0.39, 0.29) is 5.57 Å². The second-order valence-corrected chi connectivity index (χ2v) is 3.85. The van der Waals surface area contributed by atoms with Gasteiger partial charge in [0.2, 0.25) is 0 Å². The second-order valence-electron chi connectivity index (χ2n) is 3.85. The highest BCUT2D eigenvalue weighted by molar-refractivity contribution is 5.85. The zero-order valence-corrected chi connectivity index (χ0v) is 9.54. The summed E-state index contributed by atoms with van der Waals surface area (Å²) in [6.07, 6.45) is 0.154. The van der Waals surface area contributed by atoms with Crippen molar-refractivity contribution in [2.45, 2.75) is 6.10 Å². The second kappa shape index (κ2) is 5.14. The Kier molecular flexibility index (Phi) is 3.38. The number of hydrogen-bond acceptors (Lipinski definition) is 3. The van der Waals surface area contributed by atoms with Crippen LogP contribution in [0.2, 0.25) is 0 Å². The summed E-state index contributed by atoms with van der Waals surface area (Å²) in [5, 5.41) is 29.0. The van der Waals surface area contributed by atoms with Crippen molar-refractivity contribution in [3.05, 3.63) is 53.6 Å². The number of aliphatic hydroxyl groups excluding tert-OH is 1. The topological polar surface area (TPSA) is 67.8 Å². The summed E-state index contributed by atoms with van der Waals surface area (Å²) in [4.78, 5) is 0. The molecule has 0 aromatic heterocycles. The van der Waals surface area contributed by atoms with Crippen molar-refractivity contribution in [3.8, 4) is 12.1 Å². The molecule has 0 saturated heterocycles. The lowest BCUT2D eigenvalue weighted by Crippen LogP contribution is -2.04. The van der Waals surface area contributed by atoms with Gasteiger partial charge in [-0.3, -0.25) is 0 Å². The number of hydrogen-bond donors (Lipinski definition) is 1. The summed E-state index contributed by atoms with van der Waals surface area (Å²) in [6.45, 7) is 0. The van der Waals surface area contributed by atoms with E-state index in [1.165, 1.54) is 6.08 Å². The molecule has 0 aliphatic heterocycles. The number of fused-ring (bicyclic) bond motifs is 1. The third-order valence-electron chi connectivity index (χ3n) is 2.64. The van der Waals surface area contributed by atoms with E-state index in [9.17, 15) is 5.11 Å². The van der Waals surface area contributed by atoms with Gasteiger partial charge in [0, 0.05) is 0 Å². The lowest BCUT2D eigenvalue weighted by Gasteiger charge is -2.02. The summed E-state index contributed by atoms with van der Waals surface area (Å²) < 4.78 is 0. The number of aliphatic hydroxyl groups is 1. The fourth-order valence-electron chi connectivity index (χ4n) is 1.72. The van der Waals surface area contributed by atoms with E-state index >= 15 is 0 Å². The highest BCUT2D eigenvalue weighted by Crippen LogP contribution is 2.18. The highest BCUT2D eigenvalue weighted by Gasteiger charge is 2.08. The maximum Gasteiger partial charge on any atom is 0.175 e. The summed E-state index contributed by atoms with van der Waals surface area (Å²) in [5.74, 6) is 0. The summed E-state index contributed by atoms with van der Waals surface area (Å²) in [5.41, 5.74) is 0.840. The maximum atomic E-state index is 9.34. The van der Waals surface area contributed by atoms with E-state index in [4.69, 9.17) is 10.5 Å². The van der Waals surface area contributed by atoms with Crippen LogP contribution >= 0.6 is 0 Å². The van der Waals surface area contributed by atoms with Crippen LogP contribution in [0.4, 0.5) is 0 Å². The third kappa shape index (κ3) is 2.38. The standard InChI is InChI=1S/C15H10N2O/c16-9-14(15(18)10-17)8-11-5-6-12-3-1-2-4-13(12)7-11/h1-8,15,18H. The van der Waals surface area contributed by atoms with Crippen LogP contribution in [0, 0.1) is 22.7 Å². The average Bonchev–Trinajstić information content (AvgIpc) is 2.43. The van der Waals surface area contributed by atoms with Crippen molar-refractivity contribution >= 4 is 16.8 Å². The van der Waals surface area contributed by atoms with Gasteiger partial charge in [-0.1, -0.05) is 36.4 Å². The number of nitriles is 2. The Morgan fingerprint density at radius 1 is 1.11 bits per heavy atom. The van der Waals surface area contributed by atoms with Gasteiger partial charge in [0.1, 0.15) is 0 Å². The molecule has 1 N–H and O–H groups in total. The van der Waals surface area contributed by atoms with Gasteiger partial charge in [-0.2, -0.15) is 10.5 Å². The van der Waals surface area contributed by atoms with Crippen LogP contribution in [0.5, 0.6) is 0 Å². The summed E-state index contributed by atoms with van der Waals surface area (Å²) >= 11 is 0. The molecule has 3 nitrogen and oxygen atoms in total. The van der Waals surface area contributed by atoms with Gasteiger partial charge in [-0.05, 0) is 28.5 Å². The molecule has 0 aliphatic carbocycles. The Hall–Kier alpha value is -2.62. The molecule has 1 atom stereocenters. The van der Waals surface area contributed by atoms with Crippen molar-refractivity contribution in [3.63, 3.8) is 0 Å². The van der Waals surface area contributed by atoms with Gasteiger partial charge in [0.25, 0.3) is 0 Å². The molecule has 1 unspecified atom stereocenters. The molecule has 2 rings (SSSR count). The van der Waals surface area contributed by atoms with Crippen molar-refractivity contribution in [1.82, 2.24) is 0 Å². The van der Waals surface area contributed by atoms with Crippen molar-refractivity contribution in [2.75, 3.05) is 0 Å². The lowest BCUT2D eigenvalue weighted by atomic mass is 10.0. The first-order chi connectivity index (χ1) is 8.74.